The number of ether oxygens (including phenoxy) is 9. The van der Waals surface area contributed by atoms with E-state index in [4.69, 9.17) is 47.7 Å². The lowest BCUT2D eigenvalue weighted by Crippen LogP contribution is -2.70. The molecule has 3 rings (SSSR count). The van der Waals surface area contributed by atoms with Crippen molar-refractivity contribution in [3.63, 3.8) is 0 Å². The van der Waals surface area contributed by atoms with E-state index >= 15 is 0 Å². The van der Waals surface area contributed by atoms with Crippen molar-refractivity contribution < 1.29 is 83.2 Å². The van der Waals surface area contributed by atoms with Gasteiger partial charge in [0.05, 0.1) is 77.7 Å². The zero-order valence-electron chi connectivity index (χ0n) is 29.2. The maximum Gasteiger partial charge on any atom is 0.217 e. The summed E-state index contributed by atoms with van der Waals surface area (Å²) in [5.41, 5.74) is 0. The van der Waals surface area contributed by atoms with Crippen molar-refractivity contribution >= 4 is 5.91 Å². The molecule has 0 aromatic rings. The summed E-state index contributed by atoms with van der Waals surface area (Å²) in [6.45, 7) is 3.62. The average Bonchev–Trinajstić information content (AvgIpc) is 3.08. The van der Waals surface area contributed by atoms with E-state index in [2.05, 4.69) is 10.6 Å². The molecule has 9 N–H and O–H groups in total. The van der Waals surface area contributed by atoms with Crippen LogP contribution in [0.5, 0.6) is 0 Å². The molecule has 19 heteroatoms. The number of aliphatic hydroxyl groups excluding tert-OH is 7. The molecule has 3 aliphatic rings. The zero-order chi connectivity index (χ0) is 36.8. The number of amides is 1. The fourth-order valence-electron chi connectivity index (χ4n) is 6.10. The summed E-state index contributed by atoms with van der Waals surface area (Å²) in [4.78, 5) is 12.4. The number of aliphatic hydroxyl groups is 7. The van der Waals surface area contributed by atoms with Crippen molar-refractivity contribution in [2.75, 3.05) is 66.6 Å². The summed E-state index contributed by atoms with van der Waals surface area (Å²) in [6, 6.07) is -2.30. The van der Waals surface area contributed by atoms with E-state index in [1.54, 1.807) is 13.8 Å². The fraction of sp³-hybridized carbons (Fsp3) is 0.968. The molecule has 0 bridgehead atoms. The van der Waals surface area contributed by atoms with E-state index in [0.29, 0.717) is 6.42 Å². The van der Waals surface area contributed by atoms with Crippen molar-refractivity contribution in [2.45, 2.75) is 120 Å². The summed E-state index contributed by atoms with van der Waals surface area (Å²) >= 11 is 0. The molecule has 0 aromatic heterocycles. The third kappa shape index (κ3) is 12.2. The Morgan fingerprint density at radius 2 is 1.32 bits per heavy atom. The molecule has 6 unspecified atom stereocenters. The maximum absolute atomic E-state index is 12.4. The number of hydrogen-bond acceptors (Lipinski definition) is 18. The Bertz CT molecular complexity index is 957. The van der Waals surface area contributed by atoms with Gasteiger partial charge in [-0.15, -0.1) is 0 Å². The van der Waals surface area contributed by atoms with Gasteiger partial charge in [-0.05, 0) is 6.42 Å². The number of carbonyl (C=O) groups is 1. The lowest BCUT2D eigenvalue weighted by molar-refractivity contribution is -0.350. The first-order valence-electron chi connectivity index (χ1n) is 17.1. The number of hydrogen-bond donors (Lipinski definition) is 9. The third-order valence-electron chi connectivity index (χ3n) is 8.83. The molecule has 19 nitrogen and oxygen atoms in total. The Hall–Kier alpha value is -1.21. The Morgan fingerprint density at radius 1 is 0.800 bits per heavy atom. The lowest BCUT2D eigenvalue weighted by Gasteiger charge is -2.50. The van der Waals surface area contributed by atoms with E-state index < -0.39 is 91.9 Å². The van der Waals surface area contributed by atoms with Gasteiger partial charge >= 0.3 is 0 Å². The molecule has 0 aliphatic carbocycles. The van der Waals surface area contributed by atoms with Gasteiger partial charge in [-0.25, -0.2) is 0 Å². The zero-order valence-corrected chi connectivity index (χ0v) is 29.2. The first kappa shape index (κ1) is 43.2. The predicted molar refractivity (Wildman–Crippen MR) is 169 cm³/mol. The first-order chi connectivity index (χ1) is 24.0. The smallest absolute Gasteiger partial charge is 0.217 e. The van der Waals surface area contributed by atoms with Gasteiger partial charge in [-0.3, -0.25) is 10.1 Å². The second kappa shape index (κ2) is 22.1. The topological polar surface area (TPSA) is 266 Å². The van der Waals surface area contributed by atoms with Gasteiger partial charge in [0, 0.05) is 26.4 Å². The van der Waals surface area contributed by atoms with E-state index in [9.17, 15) is 35.4 Å². The summed E-state index contributed by atoms with van der Waals surface area (Å²) in [7, 11) is 1.36. The van der Waals surface area contributed by atoms with Crippen LogP contribution in [0, 0.1) is 5.92 Å². The van der Waals surface area contributed by atoms with Crippen LogP contribution in [0.2, 0.25) is 0 Å². The van der Waals surface area contributed by atoms with Gasteiger partial charge < -0.3 is 83.7 Å². The normalized spacial score (nSPS) is 38.5. The molecular formula is C31H58N2O17. The van der Waals surface area contributed by atoms with Gasteiger partial charge in [0.25, 0.3) is 0 Å². The predicted octanol–water partition coefficient (Wildman–Crippen LogP) is -4.10. The maximum atomic E-state index is 12.4. The van der Waals surface area contributed by atoms with Crippen LogP contribution < -0.4 is 10.6 Å². The number of rotatable bonds is 21. The molecule has 0 saturated carbocycles. The standard InChI is InChI=1S/C31H58N2O17/c1-5-22(39)33-24-26(40)29(21(15-45-11-8-36)47-30(24)42-4)50-31-25(32-17(3)37)27(41)28(20(48-31)14-44-10-7-35)49-23-12-18(38)16(2)19(46-23)13-43-9-6-34/h16,18-31,33-36,38-41H,5-15H2,1-4H3,(H,32,37)/t16-,18+,19?,20?,21?,22?,23+,24?,25?,26+,27+,28+,29+,30-,31+/m1/s1. The minimum Gasteiger partial charge on any atom is -0.394 e. The van der Waals surface area contributed by atoms with Crippen LogP contribution in [-0.2, 0) is 47.4 Å². The molecule has 0 radical (unpaired) electrons. The lowest BCUT2D eigenvalue weighted by atomic mass is 9.92. The molecule has 0 aromatic carbocycles. The minimum absolute atomic E-state index is 0.0373. The van der Waals surface area contributed by atoms with Crippen LogP contribution in [0.25, 0.3) is 0 Å². The second-order valence-corrected chi connectivity index (χ2v) is 12.5. The quantitative estimate of drug-likeness (QED) is 0.0401. The van der Waals surface area contributed by atoms with E-state index in [1.807, 2.05) is 0 Å². The molecule has 1 amide bonds. The molecule has 0 spiro atoms. The van der Waals surface area contributed by atoms with Crippen LogP contribution in [0.1, 0.15) is 33.6 Å². The SMILES string of the molecule is CCC(O)NC1[C@H](OC)OC(COCCO)[C@H](O[C@@H]2OC(COCCO)[C@H](O[C@H]3C[C@H](O)[C@@H](C)C(COCCO)O3)[C@@H](O)C2NC(C)=O)[C@H]1O. The molecule has 3 saturated heterocycles. The number of nitrogens with one attached hydrogen (secondary N) is 2. The van der Waals surface area contributed by atoms with Crippen LogP contribution in [0.4, 0.5) is 0 Å². The Balaban J connectivity index is 1.91. The highest BCUT2D eigenvalue weighted by molar-refractivity contribution is 5.73. The summed E-state index contributed by atoms with van der Waals surface area (Å²) in [6.07, 6.45) is -13.3. The first-order valence-corrected chi connectivity index (χ1v) is 17.1. The Labute approximate surface area is 292 Å². The number of methoxy groups -OCH3 is 1. The Kier molecular flexibility index (Phi) is 19.1. The molecule has 3 aliphatic heterocycles. The Morgan fingerprint density at radius 3 is 1.84 bits per heavy atom. The summed E-state index contributed by atoms with van der Waals surface area (Å²) in [5, 5.41) is 77.8. The van der Waals surface area contributed by atoms with Crippen molar-refractivity contribution in [1.29, 1.82) is 0 Å². The van der Waals surface area contributed by atoms with Crippen molar-refractivity contribution in [3.8, 4) is 0 Å². The van der Waals surface area contributed by atoms with Gasteiger partial charge in [-0.2, -0.15) is 0 Å². The van der Waals surface area contributed by atoms with Crippen molar-refractivity contribution in [2.24, 2.45) is 5.92 Å². The van der Waals surface area contributed by atoms with Crippen LogP contribution in [-0.4, -0.2) is 194 Å². The second-order valence-electron chi connectivity index (χ2n) is 12.5. The van der Waals surface area contributed by atoms with Crippen LogP contribution in [0.15, 0.2) is 0 Å². The monoisotopic (exact) mass is 730 g/mol. The average molecular weight is 731 g/mol. The highest BCUT2D eigenvalue weighted by atomic mass is 16.7. The molecular weight excluding hydrogens is 672 g/mol. The van der Waals surface area contributed by atoms with Gasteiger partial charge in [-0.1, -0.05) is 13.8 Å². The van der Waals surface area contributed by atoms with E-state index in [1.165, 1.54) is 14.0 Å². The third-order valence-corrected chi connectivity index (χ3v) is 8.83. The van der Waals surface area contributed by atoms with Crippen molar-refractivity contribution in [1.82, 2.24) is 10.6 Å². The van der Waals surface area contributed by atoms with E-state index in [-0.39, 0.29) is 71.8 Å². The highest BCUT2D eigenvalue weighted by Crippen LogP contribution is 2.34. The highest BCUT2D eigenvalue weighted by Gasteiger charge is 2.53. The molecule has 15 atom stereocenters. The molecule has 3 heterocycles. The number of carbonyl (C=O) groups excluding carboxylic acids is 1. The molecule has 3 fully saturated rings. The molecule has 294 valence electrons. The van der Waals surface area contributed by atoms with Crippen LogP contribution in [0.3, 0.4) is 0 Å². The fourth-order valence-corrected chi connectivity index (χ4v) is 6.10. The largest absolute Gasteiger partial charge is 0.394 e. The van der Waals surface area contributed by atoms with E-state index in [0.717, 1.165) is 0 Å². The summed E-state index contributed by atoms with van der Waals surface area (Å²) < 4.78 is 52.9. The van der Waals surface area contributed by atoms with Gasteiger partial charge in [0.1, 0.15) is 48.9 Å². The minimum atomic E-state index is -1.53. The van der Waals surface area contributed by atoms with Crippen LogP contribution >= 0.6 is 0 Å². The van der Waals surface area contributed by atoms with Gasteiger partial charge in [0.15, 0.2) is 18.9 Å². The summed E-state index contributed by atoms with van der Waals surface area (Å²) in [5.74, 6) is -0.880. The van der Waals surface area contributed by atoms with Crippen molar-refractivity contribution in [3.05, 3.63) is 0 Å². The van der Waals surface area contributed by atoms with Gasteiger partial charge in [0.2, 0.25) is 5.91 Å². The molecule has 50 heavy (non-hydrogen) atoms.